The van der Waals surface area contributed by atoms with Gasteiger partial charge in [0, 0.05) is 12.2 Å². The van der Waals surface area contributed by atoms with Crippen molar-refractivity contribution in [1.82, 2.24) is 9.97 Å². The van der Waals surface area contributed by atoms with Crippen LogP contribution >= 0.6 is 0 Å². The van der Waals surface area contributed by atoms with E-state index in [2.05, 4.69) is 16.9 Å². The van der Waals surface area contributed by atoms with Crippen LogP contribution in [0.3, 0.4) is 0 Å². The Morgan fingerprint density at radius 3 is 2.65 bits per heavy atom. The lowest BCUT2D eigenvalue weighted by molar-refractivity contribution is 0.280. The molecule has 0 saturated carbocycles. The van der Waals surface area contributed by atoms with Crippen LogP contribution in [-0.2, 0) is 6.54 Å². The van der Waals surface area contributed by atoms with E-state index in [0.717, 1.165) is 17.8 Å². The second-order valence-corrected chi connectivity index (χ2v) is 4.25. The predicted octanol–water partition coefficient (Wildman–Crippen LogP) is 2.59. The summed E-state index contributed by atoms with van der Waals surface area (Å²) in [5, 5.41) is 0. The minimum Gasteiger partial charge on any atom is -0.463 e. The number of aryl methyl sites for hydroxylation is 1. The lowest BCUT2D eigenvalue weighted by Gasteiger charge is -2.06. The molecule has 0 fully saturated rings. The van der Waals surface area contributed by atoms with Crippen molar-refractivity contribution in [3.63, 3.8) is 0 Å². The summed E-state index contributed by atoms with van der Waals surface area (Å²) in [5.74, 6) is 0. The number of ether oxygens (including phenoxy) is 1. The third-order valence-electron chi connectivity index (χ3n) is 2.57. The molecule has 0 aliphatic carbocycles. The van der Waals surface area contributed by atoms with Crippen molar-refractivity contribution in [1.29, 1.82) is 0 Å². The van der Waals surface area contributed by atoms with Gasteiger partial charge in [0.1, 0.15) is 0 Å². The average molecular weight is 237 g/mol. The molecule has 0 atom stereocenters. The van der Waals surface area contributed by atoms with Gasteiger partial charge in [0.15, 0.2) is 0 Å². The van der Waals surface area contributed by atoms with Crippen molar-refractivity contribution >= 4 is 0 Å². The summed E-state index contributed by atoms with van der Waals surface area (Å²) in [4.78, 5) is 8.45. The third kappa shape index (κ3) is 5.63. The molecule has 1 aromatic heterocycles. The minimum absolute atomic E-state index is 0.427. The van der Waals surface area contributed by atoms with E-state index in [-0.39, 0.29) is 0 Å². The van der Waals surface area contributed by atoms with Gasteiger partial charge in [-0.2, -0.15) is 4.98 Å². The molecule has 0 bridgehead atoms. The van der Waals surface area contributed by atoms with Crippen LogP contribution in [0.1, 0.15) is 50.4 Å². The maximum Gasteiger partial charge on any atom is 0.316 e. The van der Waals surface area contributed by atoms with Crippen molar-refractivity contribution in [2.75, 3.05) is 6.61 Å². The SMILES string of the molecule is CCCCCCCOc1nc(C)cc(CN)n1. The van der Waals surface area contributed by atoms with Crippen molar-refractivity contribution in [3.8, 4) is 6.01 Å². The van der Waals surface area contributed by atoms with E-state index in [4.69, 9.17) is 10.5 Å². The molecule has 1 rings (SSSR count). The first-order chi connectivity index (χ1) is 8.26. The fourth-order valence-electron chi connectivity index (χ4n) is 1.64. The molecule has 1 heterocycles. The highest BCUT2D eigenvalue weighted by Gasteiger charge is 2.01. The normalized spacial score (nSPS) is 10.5. The number of nitrogens with zero attached hydrogens (tertiary/aromatic N) is 2. The largest absolute Gasteiger partial charge is 0.463 e. The molecule has 4 heteroatoms. The van der Waals surface area contributed by atoms with E-state index in [1.807, 2.05) is 13.0 Å². The van der Waals surface area contributed by atoms with Crippen molar-refractivity contribution in [2.24, 2.45) is 5.73 Å². The van der Waals surface area contributed by atoms with Crippen LogP contribution < -0.4 is 10.5 Å². The Hall–Kier alpha value is -1.16. The highest BCUT2D eigenvalue weighted by atomic mass is 16.5. The summed E-state index contributed by atoms with van der Waals surface area (Å²) in [6.07, 6.45) is 6.13. The van der Waals surface area contributed by atoms with Gasteiger partial charge < -0.3 is 10.5 Å². The molecule has 2 N–H and O–H groups in total. The van der Waals surface area contributed by atoms with E-state index in [0.29, 0.717) is 19.2 Å². The predicted molar refractivity (Wildman–Crippen MR) is 68.9 cm³/mol. The lowest BCUT2D eigenvalue weighted by atomic mass is 10.2. The summed E-state index contributed by atoms with van der Waals surface area (Å²) < 4.78 is 5.53. The topological polar surface area (TPSA) is 61.0 Å². The van der Waals surface area contributed by atoms with Crippen LogP contribution in [0.25, 0.3) is 0 Å². The van der Waals surface area contributed by atoms with Crippen LogP contribution in [0.4, 0.5) is 0 Å². The quantitative estimate of drug-likeness (QED) is 0.706. The summed E-state index contributed by atoms with van der Waals surface area (Å²) in [7, 11) is 0. The van der Waals surface area contributed by atoms with Gasteiger partial charge in [-0.3, -0.25) is 0 Å². The van der Waals surface area contributed by atoms with Crippen LogP contribution in [0, 0.1) is 6.92 Å². The number of nitrogens with two attached hydrogens (primary N) is 1. The van der Waals surface area contributed by atoms with Gasteiger partial charge in [-0.1, -0.05) is 32.6 Å². The number of hydrogen-bond donors (Lipinski definition) is 1. The fourth-order valence-corrected chi connectivity index (χ4v) is 1.64. The maximum absolute atomic E-state index is 5.55. The second-order valence-electron chi connectivity index (χ2n) is 4.25. The Labute approximate surface area is 104 Å². The smallest absolute Gasteiger partial charge is 0.316 e. The third-order valence-corrected chi connectivity index (χ3v) is 2.57. The summed E-state index contributed by atoms with van der Waals surface area (Å²) >= 11 is 0. The van der Waals surface area contributed by atoms with Gasteiger partial charge in [0.25, 0.3) is 0 Å². The van der Waals surface area contributed by atoms with E-state index in [9.17, 15) is 0 Å². The Morgan fingerprint density at radius 2 is 1.94 bits per heavy atom. The Bertz CT molecular complexity index is 328. The first-order valence-electron chi connectivity index (χ1n) is 6.43. The molecule has 0 aliphatic rings. The van der Waals surface area contributed by atoms with Crippen LogP contribution in [0.5, 0.6) is 6.01 Å². The summed E-state index contributed by atoms with van der Waals surface area (Å²) in [6, 6.07) is 2.34. The Morgan fingerprint density at radius 1 is 1.18 bits per heavy atom. The molecule has 0 spiro atoms. The molecule has 0 amide bonds. The zero-order valence-electron chi connectivity index (χ0n) is 10.9. The number of aromatic nitrogens is 2. The van der Waals surface area contributed by atoms with Crippen LogP contribution in [0.15, 0.2) is 6.07 Å². The van der Waals surface area contributed by atoms with Crippen molar-refractivity contribution in [2.45, 2.75) is 52.5 Å². The van der Waals surface area contributed by atoms with Gasteiger partial charge in [-0.05, 0) is 19.4 Å². The molecular weight excluding hydrogens is 214 g/mol. The van der Waals surface area contributed by atoms with Gasteiger partial charge in [0.05, 0.1) is 12.3 Å². The monoisotopic (exact) mass is 237 g/mol. The molecule has 0 aliphatic heterocycles. The average Bonchev–Trinajstić information content (AvgIpc) is 2.33. The highest BCUT2D eigenvalue weighted by Crippen LogP contribution is 2.08. The molecule has 96 valence electrons. The van der Waals surface area contributed by atoms with E-state index in [1.165, 1.54) is 25.7 Å². The second kappa shape index (κ2) is 8.01. The molecule has 0 saturated heterocycles. The summed E-state index contributed by atoms with van der Waals surface area (Å²) in [5.41, 5.74) is 7.29. The molecule has 4 nitrogen and oxygen atoms in total. The van der Waals surface area contributed by atoms with Gasteiger partial charge in [0.2, 0.25) is 0 Å². The highest BCUT2D eigenvalue weighted by molar-refractivity contribution is 5.12. The van der Waals surface area contributed by atoms with E-state index in [1.54, 1.807) is 0 Å². The van der Waals surface area contributed by atoms with E-state index < -0.39 is 0 Å². The Kier molecular flexibility index (Phi) is 6.55. The first-order valence-corrected chi connectivity index (χ1v) is 6.43. The lowest BCUT2D eigenvalue weighted by Crippen LogP contribution is -2.06. The van der Waals surface area contributed by atoms with Gasteiger partial charge in [-0.25, -0.2) is 4.98 Å². The zero-order chi connectivity index (χ0) is 12.5. The Balaban J connectivity index is 2.28. The minimum atomic E-state index is 0.427. The summed E-state index contributed by atoms with van der Waals surface area (Å²) in [6.45, 7) is 5.26. The van der Waals surface area contributed by atoms with Crippen LogP contribution in [-0.4, -0.2) is 16.6 Å². The van der Waals surface area contributed by atoms with Crippen molar-refractivity contribution in [3.05, 3.63) is 17.5 Å². The molecule has 0 radical (unpaired) electrons. The van der Waals surface area contributed by atoms with Gasteiger partial charge >= 0.3 is 6.01 Å². The molecular formula is C13H23N3O. The van der Waals surface area contributed by atoms with Crippen molar-refractivity contribution < 1.29 is 4.74 Å². The molecule has 0 aromatic carbocycles. The van der Waals surface area contributed by atoms with Gasteiger partial charge in [-0.15, -0.1) is 0 Å². The number of rotatable bonds is 8. The van der Waals surface area contributed by atoms with Crippen LogP contribution in [0.2, 0.25) is 0 Å². The first kappa shape index (κ1) is 13.9. The zero-order valence-corrected chi connectivity index (χ0v) is 10.9. The standard InChI is InChI=1S/C13H23N3O/c1-3-4-5-6-7-8-17-13-15-11(2)9-12(10-14)16-13/h9H,3-8,10,14H2,1-2H3. The fraction of sp³-hybridized carbons (Fsp3) is 0.692. The molecule has 0 unspecified atom stereocenters. The number of unbranched alkanes of at least 4 members (excludes halogenated alkanes) is 4. The number of hydrogen-bond acceptors (Lipinski definition) is 4. The maximum atomic E-state index is 5.55. The van der Waals surface area contributed by atoms with E-state index >= 15 is 0 Å². The molecule has 17 heavy (non-hydrogen) atoms. The molecule has 1 aromatic rings.